The molecule has 1 aromatic heterocycles. The summed E-state index contributed by atoms with van der Waals surface area (Å²) in [4.78, 5) is 12.9. The van der Waals surface area contributed by atoms with Crippen LogP contribution in [0, 0.1) is 0 Å². The van der Waals surface area contributed by atoms with E-state index in [0.29, 0.717) is 30.4 Å². The van der Waals surface area contributed by atoms with Crippen molar-refractivity contribution in [2.45, 2.75) is 13.0 Å². The van der Waals surface area contributed by atoms with Gasteiger partial charge in [0, 0.05) is 16.6 Å². The van der Waals surface area contributed by atoms with Crippen molar-refractivity contribution in [1.29, 1.82) is 0 Å². The van der Waals surface area contributed by atoms with Gasteiger partial charge in [0.05, 0.1) is 6.61 Å². The van der Waals surface area contributed by atoms with E-state index in [1.54, 1.807) is 0 Å². The minimum atomic E-state index is -0.0577. The van der Waals surface area contributed by atoms with Crippen molar-refractivity contribution in [1.82, 2.24) is 5.32 Å². The van der Waals surface area contributed by atoms with E-state index in [2.05, 4.69) is 5.32 Å². The first-order chi connectivity index (χ1) is 11.8. The summed E-state index contributed by atoms with van der Waals surface area (Å²) in [5.41, 5.74) is 1.12. The molecule has 0 saturated heterocycles. The van der Waals surface area contributed by atoms with Crippen LogP contribution in [0.15, 0.2) is 48.5 Å². The zero-order chi connectivity index (χ0) is 16.4. The number of ether oxygens (including phenoxy) is 2. The third-order valence-electron chi connectivity index (χ3n) is 3.92. The number of rotatable bonds is 3. The van der Waals surface area contributed by atoms with Gasteiger partial charge in [-0.15, -0.1) is 11.3 Å². The molecule has 1 amide bonds. The fraction of sp³-hybridized carbons (Fsp3) is 0.211. The highest BCUT2D eigenvalue weighted by Gasteiger charge is 2.21. The zero-order valence-corrected chi connectivity index (χ0v) is 13.9. The minimum absolute atomic E-state index is 0.0577. The predicted molar refractivity (Wildman–Crippen MR) is 95.0 cm³/mol. The number of amides is 1. The summed E-state index contributed by atoms with van der Waals surface area (Å²) in [7, 11) is 0. The average molecular weight is 339 g/mol. The van der Waals surface area contributed by atoms with Crippen molar-refractivity contribution in [2.24, 2.45) is 0 Å². The Bertz CT molecular complexity index is 873. The topological polar surface area (TPSA) is 47.6 Å². The van der Waals surface area contributed by atoms with Crippen LogP contribution >= 0.6 is 11.3 Å². The molecule has 1 aliphatic rings. The van der Waals surface area contributed by atoms with Crippen molar-refractivity contribution in [3.05, 3.63) is 59.0 Å². The molecule has 122 valence electrons. The van der Waals surface area contributed by atoms with Gasteiger partial charge in [0.15, 0.2) is 5.75 Å². The summed E-state index contributed by atoms with van der Waals surface area (Å²) in [6.45, 7) is 1.77. The molecule has 0 atom stereocenters. The third kappa shape index (κ3) is 2.95. The largest absolute Gasteiger partial charge is 0.491 e. The maximum Gasteiger partial charge on any atom is 0.265 e. The molecule has 4 nitrogen and oxygen atoms in total. The van der Waals surface area contributed by atoms with Crippen LogP contribution in [-0.4, -0.2) is 19.1 Å². The lowest BCUT2D eigenvalue weighted by Crippen LogP contribution is -2.27. The van der Waals surface area contributed by atoms with Gasteiger partial charge in [-0.3, -0.25) is 4.79 Å². The quantitative estimate of drug-likeness (QED) is 0.785. The van der Waals surface area contributed by atoms with Crippen LogP contribution in [0.2, 0.25) is 0 Å². The zero-order valence-electron chi connectivity index (χ0n) is 13.1. The Balaban J connectivity index is 1.64. The molecule has 2 heterocycles. The molecule has 0 unspecified atom stereocenters. The molecule has 5 heteroatoms. The van der Waals surface area contributed by atoms with Gasteiger partial charge in [0.2, 0.25) is 0 Å². The Morgan fingerprint density at radius 3 is 2.92 bits per heavy atom. The number of thiophene rings is 1. The van der Waals surface area contributed by atoms with Gasteiger partial charge >= 0.3 is 0 Å². The van der Waals surface area contributed by atoms with Crippen molar-refractivity contribution >= 4 is 27.3 Å². The molecule has 0 aliphatic carbocycles. The number of hydrogen-bond donors (Lipinski definition) is 1. The first-order valence-electron chi connectivity index (χ1n) is 7.95. The van der Waals surface area contributed by atoms with Crippen molar-refractivity contribution in [3.8, 4) is 11.5 Å². The molecular weight excluding hydrogens is 322 g/mol. The minimum Gasteiger partial charge on any atom is -0.491 e. The Morgan fingerprint density at radius 2 is 2.04 bits per heavy atom. The van der Waals surface area contributed by atoms with Gasteiger partial charge in [0.1, 0.15) is 17.2 Å². The summed E-state index contributed by atoms with van der Waals surface area (Å²) in [5.74, 6) is 1.40. The Morgan fingerprint density at radius 1 is 1.17 bits per heavy atom. The molecule has 0 radical (unpaired) electrons. The summed E-state index contributed by atoms with van der Waals surface area (Å²) < 4.78 is 12.8. The molecule has 1 N–H and O–H groups in total. The highest BCUT2D eigenvalue weighted by Crippen LogP contribution is 2.40. The summed E-state index contributed by atoms with van der Waals surface area (Å²) in [6.07, 6.45) is 0.812. The number of fused-ring (bicyclic) bond motifs is 3. The van der Waals surface area contributed by atoms with E-state index in [9.17, 15) is 4.79 Å². The van der Waals surface area contributed by atoms with E-state index in [0.717, 1.165) is 27.8 Å². The Kier molecular flexibility index (Phi) is 4.09. The van der Waals surface area contributed by atoms with Crippen LogP contribution in [-0.2, 0) is 6.61 Å². The lowest BCUT2D eigenvalue weighted by molar-refractivity contribution is 0.0945. The van der Waals surface area contributed by atoms with E-state index >= 15 is 0 Å². The van der Waals surface area contributed by atoms with Crippen LogP contribution in [0.4, 0.5) is 0 Å². The van der Waals surface area contributed by atoms with Crippen LogP contribution < -0.4 is 14.8 Å². The molecule has 4 rings (SSSR count). The average Bonchev–Trinajstić information content (AvgIpc) is 2.96. The van der Waals surface area contributed by atoms with E-state index in [4.69, 9.17) is 9.47 Å². The second-order valence-electron chi connectivity index (χ2n) is 5.65. The molecule has 0 fully saturated rings. The second-order valence-corrected chi connectivity index (χ2v) is 6.70. The second kappa shape index (κ2) is 6.53. The predicted octanol–water partition coefficient (Wildman–Crippen LogP) is 3.99. The number of nitrogens with one attached hydrogen (secondary N) is 1. The Hall–Kier alpha value is -2.53. The van der Waals surface area contributed by atoms with E-state index in [1.807, 2.05) is 48.5 Å². The lowest BCUT2D eigenvalue weighted by Gasteiger charge is -2.12. The Labute approximate surface area is 144 Å². The number of benzene rings is 2. The molecule has 0 saturated carbocycles. The van der Waals surface area contributed by atoms with Crippen molar-refractivity contribution < 1.29 is 14.3 Å². The summed E-state index contributed by atoms with van der Waals surface area (Å²) >= 11 is 1.46. The fourth-order valence-electron chi connectivity index (χ4n) is 2.71. The third-order valence-corrected chi connectivity index (χ3v) is 5.07. The van der Waals surface area contributed by atoms with Gasteiger partial charge < -0.3 is 14.8 Å². The molecule has 24 heavy (non-hydrogen) atoms. The first kappa shape index (κ1) is 15.0. The van der Waals surface area contributed by atoms with Crippen molar-refractivity contribution in [2.75, 3.05) is 13.2 Å². The number of hydrogen-bond acceptors (Lipinski definition) is 4. The van der Waals surface area contributed by atoms with Crippen LogP contribution in [0.5, 0.6) is 11.5 Å². The highest BCUT2D eigenvalue weighted by molar-refractivity contribution is 7.21. The summed E-state index contributed by atoms with van der Waals surface area (Å²) in [6, 6.07) is 15.9. The molecule has 2 aromatic carbocycles. The summed E-state index contributed by atoms with van der Waals surface area (Å²) in [5, 5.41) is 3.87. The van der Waals surface area contributed by atoms with Gasteiger partial charge in [-0.05, 0) is 30.2 Å². The molecule has 3 aromatic rings. The van der Waals surface area contributed by atoms with Gasteiger partial charge in [0.25, 0.3) is 5.91 Å². The fourth-order valence-corrected chi connectivity index (χ4v) is 3.75. The normalized spacial score (nSPS) is 14.2. The number of carbonyl (C=O) groups excluding carboxylic acids is 1. The van der Waals surface area contributed by atoms with Gasteiger partial charge in [-0.25, -0.2) is 0 Å². The van der Waals surface area contributed by atoms with Crippen LogP contribution in [0.3, 0.4) is 0 Å². The molecule has 0 spiro atoms. The maximum atomic E-state index is 12.2. The van der Waals surface area contributed by atoms with E-state index < -0.39 is 0 Å². The molecule has 1 aliphatic heterocycles. The van der Waals surface area contributed by atoms with E-state index in [-0.39, 0.29) is 5.91 Å². The number of carbonyl (C=O) groups is 1. The van der Waals surface area contributed by atoms with Crippen molar-refractivity contribution in [3.63, 3.8) is 0 Å². The van der Waals surface area contributed by atoms with Crippen LogP contribution in [0.25, 0.3) is 10.1 Å². The standard InChI is InChI=1S/C19H17NO3S/c21-19-18-17(22-10-4-9-20-19)15-11-14(7-8-16(15)24-18)23-12-13-5-2-1-3-6-13/h1-3,5-8,11H,4,9-10,12H2,(H,20,21). The van der Waals surface area contributed by atoms with Gasteiger partial charge in [-0.2, -0.15) is 0 Å². The molecule has 0 bridgehead atoms. The van der Waals surface area contributed by atoms with Gasteiger partial charge in [-0.1, -0.05) is 30.3 Å². The van der Waals surface area contributed by atoms with E-state index in [1.165, 1.54) is 11.3 Å². The monoisotopic (exact) mass is 339 g/mol. The lowest BCUT2D eigenvalue weighted by atomic mass is 10.2. The van der Waals surface area contributed by atoms with Crippen LogP contribution in [0.1, 0.15) is 21.7 Å². The first-order valence-corrected chi connectivity index (χ1v) is 8.77. The maximum absolute atomic E-state index is 12.2. The highest BCUT2D eigenvalue weighted by atomic mass is 32.1. The smallest absolute Gasteiger partial charge is 0.265 e. The SMILES string of the molecule is O=C1NCCCOc2c1sc1ccc(OCc3ccccc3)cc21. The molecular formula is C19H17NO3S.